The highest BCUT2D eigenvalue weighted by molar-refractivity contribution is 5.72. The second-order valence-electron chi connectivity index (χ2n) is 3.57. The van der Waals surface area contributed by atoms with Crippen molar-refractivity contribution in [3.63, 3.8) is 0 Å². The smallest absolute Gasteiger partial charge is 0.406 e. The Balaban J connectivity index is 2.44. The van der Waals surface area contributed by atoms with Crippen molar-refractivity contribution in [1.29, 1.82) is 0 Å². The number of nitrogen functional groups attached to an aromatic ring is 1. The van der Waals surface area contributed by atoms with E-state index < -0.39 is 17.7 Å². The first-order valence-electron chi connectivity index (χ1n) is 5.06. The summed E-state index contributed by atoms with van der Waals surface area (Å²) in [5.41, 5.74) is 5.13. The number of alkyl halides is 3. The Morgan fingerprint density at radius 3 is 2.74 bits per heavy atom. The molecule has 0 saturated heterocycles. The Morgan fingerprint density at radius 1 is 1.32 bits per heavy atom. The van der Waals surface area contributed by atoms with Gasteiger partial charge in [-0.25, -0.2) is 4.98 Å². The molecule has 2 aromatic rings. The van der Waals surface area contributed by atoms with Crippen LogP contribution in [0.2, 0.25) is 0 Å². The van der Waals surface area contributed by atoms with Gasteiger partial charge in [0.1, 0.15) is 17.1 Å². The number of halogens is 3. The summed E-state index contributed by atoms with van der Waals surface area (Å²) in [5, 5.41) is 0. The number of nitrogens with two attached hydrogens (primary N) is 1. The van der Waals surface area contributed by atoms with Crippen molar-refractivity contribution in [3.05, 3.63) is 40.9 Å². The topological polar surface area (TPSA) is 81.0 Å². The molecule has 1 aromatic carbocycles. The summed E-state index contributed by atoms with van der Waals surface area (Å²) < 4.78 is 40.1. The lowest BCUT2D eigenvalue weighted by Gasteiger charge is -2.10. The van der Waals surface area contributed by atoms with Gasteiger partial charge in [-0.15, -0.1) is 13.2 Å². The highest BCUT2D eigenvalue weighted by Gasteiger charge is 2.31. The Morgan fingerprint density at radius 2 is 2.05 bits per heavy atom. The fourth-order valence-electron chi connectivity index (χ4n) is 1.48. The third kappa shape index (κ3) is 3.03. The third-order valence-corrected chi connectivity index (χ3v) is 2.23. The van der Waals surface area contributed by atoms with Gasteiger partial charge >= 0.3 is 6.36 Å². The van der Waals surface area contributed by atoms with Crippen molar-refractivity contribution < 1.29 is 17.9 Å². The molecule has 5 nitrogen and oxygen atoms in total. The highest BCUT2D eigenvalue weighted by atomic mass is 19.4. The van der Waals surface area contributed by atoms with Crippen LogP contribution in [-0.2, 0) is 0 Å². The average Bonchev–Trinajstić information content (AvgIpc) is 2.31. The fraction of sp³-hybridized carbons (Fsp3) is 0.0909. The number of nitrogens with one attached hydrogen (secondary N) is 1. The zero-order valence-corrected chi connectivity index (χ0v) is 9.36. The molecule has 0 aliphatic heterocycles. The molecule has 0 saturated carbocycles. The molecule has 0 aliphatic carbocycles. The third-order valence-electron chi connectivity index (χ3n) is 2.23. The molecule has 0 amide bonds. The number of aromatic nitrogens is 2. The van der Waals surface area contributed by atoms with Crippen molar-refractivity contribution >= 4 is 5.69 Å². The summed E-state index contributed by atoms with van der Waals surface area (Å²) in [4.78, 5) is 17.4. The lowest BCUT2D eigenvalue weighted by molar-refractivity contribution is -0.274. The number of H-pyrrole nitrogens is 1. The summed E-state index contributed by atoms with van der Waals surface area (Å²) in [6, 6.07) is 5.06. The second-order valence-corrected chi connectivity index (χ2v) is 3.57. The van der Waals surface area contributed by atoms with Gasteiger partial charge in [0.15, 0.2) is 0 Å². The van der Waals surface area contributed by atoms with Gasteiger partial charge in [-0.3, -0.25) is 4.79 Å². The maximum atomic E-state index is 12.1. The SMILES string of the molecule is Nc1c(-c2cccc(OC(F)(F)F)c2)nc[nH]c1=O. The lowest BCUT2D eigenvalue weighted by atomic mass is 10.1. The molecule has 1 heterocycles. The van der Waals surface area contributed by atoms with Gasteiger partial charge in [-0.1, -0.05) is 12.1 Å². The fourth-order valence-corrected chi connectivity index (χ4v) is 1.48. The summed E-state index contributed by atoms with van der Waals surface area (Å²) in [6.45, 7) is 0. The minimum atomic E-state index is -4.79. The summed E-state index contributed by atoms with van der Waals surface area (Å²) in [7, 11) is 0. The van der Waals surface area contributed by atoms with E-state index in [9.17, 15) is 18.0 Å². The van der Waals surface area contributed by atoms with E-state index >= 15 is 0 Å². The molecule has 100 valence electrons. The van der Waals surface area contributed by atoms with Crippen molar-refractivity contribution in [3.8, 4) is 17.0 Å². The van der Waals surface area contributed by atoms with Gasteiger partial charge < -0.3 is 15.5 Å². The molecule has 8 heteroatoms. The normalized spacial score (nSPS) is 11.3. The number of hydrogen-bond acceptors (Lipinski definition) is 4. The zero-order valence-electron chi connectivity index (χ0n) is 9.36. The van der Waals surface area contributed by atoms with Crippen LogP contribution in [0.3, 0.4) is 0 Å². The molecule has 0 spiro atoms. The van der Waals surface area contributed by atoms with Gasteiger partial charge in [0.25, 0.3) is 5.56 Å². The van der Waals surface area contributed by atoms with E-state index in [1.165, 1.54) is 12.1 Å². The van der Waals surface area contributed by atoms with Gasteiger partial charge in [0.05, 0.1) is 6.33 Å². The van der Waals surface area contributed by atoms with Gasteiger partial charge in [0, 0.05) is 5.56 Å². The highest BCUT2D eigenvalue weighted by Crippen LogP contribution is 2.28. The van der Waals surface area contributed by atoms with E-state index in [0.29, 0.717) is 0 Å². The molecular weight excluding hydrogens is 263 g/mol. The van der Waals surface area contributed by atoms with Crippen LogP contribution in [0.25, 0.3) is 11.3 Å². The van der Waals surface area contributed by atoms with Crippen LogP contribution in [-0.4, -0.2) is 16.3 Å². The van der Waals surface area contributed by atoms with Crippen LogP contribution in [0.4, 0.5) is 18.9 Å². The number of benzene rings is 1. The van der Waals surface area contributed by atoms with Gasteiger partial charge in [-0.2, -0.15) is 0 Å². The monoisotopic (exact) mass is 271 g/mol. The first-order valence-corrected chi connectivity index (χ1v) is 5.06. The summed E-state index contributed by atoms with van der Waals surface area (Å²) in [6.07, 6.45) is -3.67. The molecule has 3 N–H and O–H groups in total. The molecule has 0 fully saturated rings. The van der Waals surface area contributed by atoms with E-state index in [4.69, 9.17) is 5.73 Å². The minimum Gasteiger partial charge on any atom is -0.406 e. The van der Waals surface area contributed by atoms with Crippen molar-refractivity contribution in [2.45, 2.75) is 6.36 Å². The molecule has 2 rings (SSSR count). The first-order chi connectivity index (χ1) is 8.87. The molecule has 0 radical (unpaired) electrons. The number of ether oxygens (including phenoxy) is 1. The van der Waals surface area contributed by atoms with E-state index in [1.807, 2.05) is 0 Å². The quantitative estimate of drug-likeness (QED) is 0.874. The summed E-state index contributed by atoms with van der Waals surface area (Å²) in [5.74, 6) is -0.411. The van der Waals surface area contributed by atoms with Crippen molar-refractivity contribution in [2.75, 3.05) is 5.73 Å². The Hall–Kier alpha value is -2.51. The second kappa shape index (κ2) is 4.63. The molecule has 19 heavy (non-hydrogen) atoms. The maximum absolute atomic E-state index is 12.1. The first kappa shape index (κ1) is 12.9. The van der Waals surface area contributed by atoms with E-state index in [-0.39, 0.29) is 16.9 Å². The zero-order chi connectivity index (χ0) is 14.0. The number of nitrogens with zero attached hydrogens (tertiary/aromatic N) is 1. The lowest BCUT2D eigenvalue weighted by Crippen LogP contribution is -2.17. The van der Waals surface area contributed by atoms with Gasteiger partial charge in [-0.05, 0) is 12.1 Å². The predicted molar refractivity (Wildman–Crippen MR) is 61.4 cm³/mol. The van der Waals surface area contributed by atoms with Gasteiger partial charge in [0.2, 0.25) is 0 Å². The van der Waals surface area contributed by atoms with Crippen LogP contribution < -0.4 is 16.0 Å². The average molecular weight is 271 g/mol. The predicted octanol–water partition coefficient (Wildman–Crippen LogP) is 1.92. The number of rotatable bonds is 2. The number of anilines is 1. The van der Waals surface area contributed by atoms with Crippen molar-refractivity contribution in [2.24, 2.45) is 0 Å². The number of aromatic amines is 1. The van der Waals surface area contributed by atoms with E-state index in [0.717, 1.165) is 18.5 Å². The molecule has 0 bridgehead atoms. The molecular formula is C11H8F3N3O2. The molecule has 0 unspecified atom stereocenters. The van der Waals surface area contributed by atoms with Crippen LogP contribution in [0.1, 0.15) is 0 Å². The summed E-state index contributed by atoms with van der Waals surface area (Å²) >= 11 is 0. The van der Waals surface area contributed by atoms with Crippen LogP contribution in [0, 0.1) is 0 Å². The van der Waals surface area contributed by atoms with Crippen LogP contribution in [0.5, 0.6) is 5.75 Å². The van der Waals surface area contributed by atoms with E-state index in [2.05, 4.69) is 14.7 Å². The Kier molecular flexibility index (Phi) is 3.16. The number of hydrogen-bond donors (Lipinski definition) is 2. The van der Waals surface area contributed by atoms with Crippen molar-refractivity contribution in [1.82, 2.24) is 9.97 Å². The largest absolute Gasteiger partial charge is 0.573 e. The van der Waals surface area contributed by atoms with Crippen LogP contribution in [0.15, 0.2) is 35.4 Å². The Bertz CT molecular complexity index is 652. The maximum Gasteiger partial charge on any atom is 0.573 e. The van der Waals surface area contributed by atoms with E-state index in [1.54, 1.807) is 0 Å². The molecule has 0 aliphatic rings. The Labute approximate surface area is 104 Å². The molecule has 1 aromatic heterocycles. The molecule has 0 atom stereocenters. The minimum absolute atomic E-state index is 0.0939. The van der Waals surface area contributed by atoms with Crippen LogP contribution >= 0.6 is 0 Å². The standard InChI is InChI=1S/C11H8F3N3O2/c12-11(13,14)19-7-3-1-2-6(4-7)9-8(15)10(18)17-5-16-9/h1-5H,15H2,(H,16,17,18).